The summed E-state index contributed by atoms with van der Waals surface area (Å²) in [7, 11) is 0. The summed E-state index contributed by atoms with van der Waals surface area (Å²) in [5.41, 5.74) is 4.73. The van der Waals surface area contributed by atoms with Gasteiger partial charge in [0.05, 0.1) is 19.3 Å². The van der Waals surface area contributed by atoms with Gasteiger partial charge in [-0.2, -0.15) is 9.97 Å². The molecule has 4 heterocycles. The minimum atomic E-state index is -2.88. The SMILES string of the molecule is C[C@@H]1COCCN1c1nc(-c2cnccc2C(F)F)nc(-c2cnc(N)cc2C(F)F)n1. The standard InChI is InChI=1S/C20H19F4N7O/c1-10-9-32-5-4-31(10)20-29-18(13-7-26-3-2-11(13)16(21)22)28-19(30-20)14-8-27-15(25)6-12(14)17(23)24/h2-3,6-8,10,16-17H,4-5,9H2,1H3,(H2,25,27)/t10-/m1/s1. The topological polar surface area (TPSA) is 103 Å². The van der Waals surface area contributed by atoms with E-state index in [4.69, 9.17) is 10.5 Å². The number of ether oxygens (including phenoxy) is 1. The number of morpholine rings is 1. The maximum atomic E-state index is 13.7. The number of hydrogen-bond acceptors (Lipinski definition) is 8. The zero-order valence-corrected chi connectivity index (χ0v) is 16.9. The van der Waals surface area contributed by atoms with E-state index in [0.29, 0.717) is 19.8 Å². The van der Waals surface area contributed by atoms with Crippen LogP contribution in [0.5, 0.6) is 0 Å². The molecular weight excluding hydrogens is 430 g/mol. The first-order valence-corrected chi connectivity index (χ1v) is 9.72. The van der Waals surface area contributed by atoms with E-state index in [2.05, 4.69) is 24.9 Å². The highest BCUT2D eigenvalue weighted by Crippen LogP contribution is 2.34. The molecule has 0 amide bonds. The van der Waals surface area contributed by atoms with E-state index in [1.54, 1.807) is 0 Å². The molecule has 0 unspecified atom stereocenters. The molecule has 0 saturated carbocycles. The van der Waals surface area contributed by atoms with Crippen molar-refractivity contribution in [3.63, 3.8) is 0 Å². The van der Waals surface area contributed by atoms with Gasteiger partial charge in [0.2, 0.25) is 5.95 Å². The molecule has 0 aliphatic carbocycles. The fraction of sp³-hybridized carbons (Fsp3) is 0.350. The Balaban J connectivity index is 1.94. The molecule has 3 aromatic heterocycles. The van der Waals surface area contributed by atoms with Crippen LogP contribution in [0.15, 0.2) is 30.7 Å². The fourth-order valence-corrected chi connectivity index (χ4v) is 3.40. The van der Waals surface area contributed by atoms with Gasteiger partial charge in [0.25, 0.3) is 12.9 Å². The third-order valence-electron chi connectivity index (χ3n) is 5.01. The second kappa shape index (κ2) is 8.99. The van der Waals surface area contributed by atoms with Gasteiger partial charge in [0.1, 0.15) is 5.82 Å². The quantitative estimate of drug-likeness (QED) is 0.589. The Morgan fingerprint density at radius 2 is 1.72 bits per heavy atom. The minimum Gasteiger partial charge on any atom is -0.384 e. The van der Waals surface area contributed by atoms with E-state index in [9.17, 15) is 17.6 Å². The number of nitrogens with zero attached hydrogens (tertiary/aromatic N) is 6. The average molecular weight is 449 g/mol. The molecule has 1 aliphatic rings. The van der Waals surface area contributed by atoms with E-state index >= 15 is 0 Å². The number of alkyl halides is 4. The number of aromatic nitrogens is 5. The zero-order chi connectivity index (χ0) is 22.8. The molecule has 32 heavy (non-hydrogen) atoms. The number of anilines is 2. The Morgan fingerprint density at radius 1 is 1.03 bits per heavy atom. The van der Waals surface area contributed by atoms with E-state index in [0.717, 1.165) is 18.3 Å². The number of nitrogens with two attached hydrogens (primary N) is 1. The van der Waals surface area contributed by atoms with Crippen LogP contribution >= 0.6 is 0 Å². The molecular formula is C20H19F4N7O. The monoisotopic (exact) mass is 449 g/mol. The summed E-state index contributed by atoms with van der Waals surface area (Å²) in [6.07, 6.45) is -2.11. The van der Waals surface area contributed by atoms with E-state index in [1.807, 2.05) is 11.8 Å². The summed E-state index contributed by atoms with van der Waals surface area (Å²) in [5.74, 6) is -0.172. The van der Waals surface area contributed by atoms with Crippen molar-refractivity contribution in [2.75, 3.05) is 30.4 Å². The van der Waals surface area contributed by atoms with Crippen LogP contribution < -0.4 is 10.6 Å². The van der Waals surface area contributed by atoms with Crippen molar-refractivity contribution in [1.82, 2.24) is 24.9 Å². The van der Waals surface area contributed by atoms with Crippen LogP contribution in [0.1, 0.15) is 30.9 Å². The van der Waals surface area contributed by atoms with Crippen LogP contribution in [0.2, 0.25) is 0 Å². The molecule has 0 aromatic carbocycles. The molecule has 0 spiro atoms. The van der Waals surface area contributed by atoms with E-state index in [1.165, 1.54) is 12.4 Å². The predicted octanol–water partition coefficient (Wildman–Crippen LogP) is 3.68. The zero-order valence-electron chi connectivity index (χ0n) is 16.9. The lowest BCUT2D eigenvalue weighted by Gasteiger charge is -2.33. The van der Waals surface area contributed by atoms with E-state index in [-0.39, 0.29) is 46.1 Å². The molecule has 12 heteroatoms. The molecule has 0 radical (unpaired) electrons. The highest BCUT2D eigenvalue weighted by molar-refractivity contribution is 5.67. The Hall–Kier alpha value is -3.41. The number of pyridine rings is 2. The van der Waals surface area contributed by atoms with Crippen LogP contribution in [0.4, 0.5) is 29.3 Å². The summed E-state index contributed by atoms with van der Waals surface area (Å²) in [6, 6.07) is 2.07. The Kier molecular flexibility index (Phi) is 6.12. The molecule has 4 rings (SSSR count). The fourth-order valence-electron chi connectivity index (χ4n) is 3.40. The van der Waals surface area contributed by atoms with Crippen molar-refractivity contribution < 1.29 is 22.3 Å². The van der Waals surface area contributed by atoms with Gasteiger partial charge in [0.15, 0.2) is 11.6 Å². The maximum absolute atomic E-state index is 13.7. The number of nitrogen functional groups attached to an aromatic ring is 1. The van der Waals surface area contributed by atoms with Gasteiger partial charge in [-0.1, -0.05) is 0 Å². The van der Waals surface area contributed by atoms with Crippen LogP contribution in [0, 0.1) is 0 Å². The Bertz CT molecular complexity index is 1120. The molecule has 3 aromatic rings. The third kappa shape index (κ3) is 4.31. The van der Waals surface area contributed by atoms with Gasteiger partial charge in [-0.3, -0.25) is 4.98 Å². The van der Waals surface area contributed by atoms with Gasteiger partial charge >= 0.3 is 0 Å². The van der Waals surface area contributed by atoms with Crippen molar-refractivity contribution in [3.05, 3.63) is 41.9 Å². The van der Waals surface area contributed by atoms with Crippen LogP contribution in [-0.4, -0.2) is 50.7 Å². The highest BCUT2D eigenvalue weighted by Gasteiger charge is 2.26. The van der Waals surface area contributed by atoms with Gasteiger partial charge in [0, 0.05) is 47.4 Å². The van der Waals surface area contributed by atoms with Crippen LogP contribution in [0.25, 0.3) is 22.8 Å². The molecule has 8 nitrogen and oxygen atoms in total. The largest absolute Gasteiger partial charge is 0.384 e. The lowest BCUT2D eigenvalue weighted by molar-refractivity contribution is 0.0981. The normalized spacial score (nSPS) is 16.7. The smallest absolute Gasteiger partial charge is 0.264 e. The van der Waals surface area contributed by atoms with E-state index < -0.39 is 18.4 Å². The second-order valence-electron chi connectivity index (χ2n) is 7.16. The second-order valence-corrected chi connectivity index (χ2v) is 7.16. The van der Waals surface area contributed by atoms with Crippen molar-refractivity contribution >= 4 is 11.8 Å². The summed E-state index contributed by atoms with van der Waals surface area (Å²) >= 11 is 0. The molecule has 0 bridgehead atoms. The van der Waals surface area contributed by atoms with Gasteiger partial charge in [-0.25, -0.2) is 27.5 Å². The lowest BCUT2D eigenvalue weighted by Crippen LogP contribution is -2.44. The number of hydrogen-bond donors (Lipinski definition) is 1. The van der Waals surface area contributed by atoms with Crippen molar-refractivity contribution in [2.45, 2.75) is 25.8 Å². The van der Waals surface area contributed by atoms with Crippen molar-refractivity contribution in [3.8, 4) is 22.8 Å². The Labute approximate surface area is 180 Å². The first kappa shape index (κ1) is 21.8. The van der Waals surface area contributed by atoms with Gasteiger partial charge < -0.3 is 15.4 Å². The molecule has 1 fully saturated rings. The average Bonchev–Trinajstić information content (AvgIpc) is 2.79. The van der Waals surface area contributed by atoms with Crippen LogP contribution in [0.3, 0.4) is 0 Å². The molecule has 168 valence electrons. The highest BCUT2D eigenvalue weighted by atomic mass is 19.3. The molecule has 1 atom stereocenters. The van der Waals surface area contributed by atoms with Crippen molar-refractivity contribution in [2.24, 2.45) is 0 Å². The Morgan fingerprint density at radius 3 is 2.38 bits per heavy atom. The number of halogens is 4. The molecule has 1 aliphatic heterocycles. The lowest BCUT2D eigenvalue weighted by atomic mass is 10.1. The van der Waals surface area contributed by atoms with Gasteiger partial charge in [-0.05, 0) is 19.1 Å². The third-order valence-corrected chi connectivity index (χ3v) is 5.01. The van der Waals surface area contributed by atoms with Crippen LogP contribution in [-0.2, 0) is 4.74 Å². The van der Waals surface area contributed by atoms with Gasteiger partial charge in [-0.15, -0.1) is 0 Å². The summed E-state index contributed by atoms with van der Waals surface area (Å²) in [5, 5.41) is 0. The number of rotatable bonds is 5. The summed E-state index contributed by atoms with van der Waals surface area (Å²) in [6.45, 7) is 3.12. The maximum Gasteiger partial charge on any atom is 0.264 e. The predicted molar refractivity (Wildman–Crippen MR) is 108 cm³/mol. The first-order valence-electron chi connectivity index (χ1n) is 9.72. The van der Waals surface area contributed by atoms with Crippen molar-refractivity contribution in [1.29, 1.82) is 0 Å². The minimum absolute atomic E-state index is 0.0182. The summed E-state index contributed by atoms with van der Waals surface area (Å²) in [4.78, 5) is 22.6. The molecule has 2 N–H and O–H groups in total. The summed E-state index contributed by atoms with van der Waals surface area (Å²) < 4.78 is 60.1. The first-order chi connectivity index (χ1) is 15.3. The molecule has 1 saturated heterocycles.